The zero-order valence-corrected chi connectivity index (χ0v) is 9.79. The van der Waals surface area contributed by atoms with E-state index in [1.165, 1.54) is 5.56 Å². The molecule has 13 heavy (non-hydrogen) atoms. The Kier molecular flexibility index (Phi) is 4.46. The van der Waals surface area contributed by atoms with Crippen LogP contribution < -0.4 is 0 Å². The highest BCUT2D eigenvalue weighted by Crippen LogP contribution is 2.06. The summed E-state index contributed by atoms with van der Waals surface area (Å²) in [6, 6.07) is 11.1. The molecule has 1 aromatic rings. The minimum absolute atomic E-state index is 0.584. The molecule has 1 rings (SSSR count). The Morgan fingerprint density at radius 1 is 1.31 bits per heavy atom. The van der Waals surface area contributed by atoms with Crippen molar-refractivity contribution in [3.05, 3.63) is 35.9 Å². The van der Waals surface area contributed by atoms with Gasteiger partial charge in [-0.2, -0.15) is 0 Å². The van der Waals surface area contributed by atoms with Crippen LogP contribution in [0.5, 0.6) is 0 Å². The highest BCUT2D eigenvalue weighted by molar-refractivity contribution is 9.09. The van der Waals surface area contributed by atoms with Gasteiger partial charge in [-0.3, -0.25) is 4.90 Å². The van der Waals surface area contributed by atoms with Crippen LogP contribution in [0, 0.1) is 0 Å². The average Bonchev–Trinajstić information content (AvgIpc) is 2.18. The van der Waals surface area contributed by atoms with Gasteiger partial charge >= 0.3 is 0 Å². The number of alkyl halides is 1. The van der Waals surface area contributed by atoms with Crippen LogP contribution in [0.1, 0.15) is 12.5 Å². The van der Waals surface area contributed by atoms with Crippen LogP contribution in [0.2, 0.25) is 0 Å². The first-order chi connectivity index (χ1) is 6.24. The van der Waals surface area contributed by atoms with Crippen LogP contribution >= 0.6 is 15.9 Å². The van der Waals surface area contributed by atoms with E-state index in [4.69, 9.17) is 0 Å². The van der Waals surface area contributed by atoms with Crippen molar-refractivity contribution >= 4 is 15.9 Å². The fraction of sp³-hybridized carbons (Fsp3) is 0.455. The van der Waals surface area contributed by atoms with Crippen LogP contribution in [0.25, 0.3) is 0 Å². The largest absolute Gasteiger partial charge is 0.299 e. The van der Waals surface area contributed by atoms with Gasteiger partial charge in [0.25, 0.3) is 0 Å². The van der Waals surface area contributed by atoms with Gasteiger partial charge in [-0.05, 0) is 19.5 Å². The molecule has 0 bridgehead atoms. The maximum Gasteiger partial charge on any atom is 0.0233 e. The predicted octanol–water partition coefficient (Wildman–Crippen LogP) is 2.90. The van der Waals surface area contributed by atoms with Gasteiger partial charge in [0.2, 0.25) is 0 Å². The third-order valence-corrected chi connectivity index (χ3v) is 3.19. The summed E-state index contributed by atoms with van der Waals surface area (Å²) in [7, 11) is 2.15. The molecule has 1 unspecified atom stereocenters. The van der Waals surface area contributed by atoms with E-state index in [0.717, 1.165) is 11.9 Å². The van der Waals surface area contributed by atoms with E-state index in [-0.39, 0.29) is 0 Å². The molecule has 1 aromatic carbocycles. The Hall–Kier alpha value is -0.340. The molecule has 0 saturated heterocycles. The summed E-state index contributed by atoms with van der Waals surface area (Å²) in [6.45, 7) is 3.24. The van der Waals surface area contributed by atoms with Gasteiger partial charge in [-0.1, -0.05) is 46.3 Å². The second-order valence-electron chi connectivity index (χ2n) is 3.40. The topological polar surface area (TPSA) is 3.24 Å². The monoisotopic (exact) mass is 241 g/mol. The summed E-state index contributed by atoms with van der Waals surface area (Å²) >= 11 is 3.49. The quantitative estimate of drug-likeness (QED) is 0.734. The Morgan fingerprint density at radius 3 is 2.46 bits per heavy atom. The maximum atomic E-state index is 3.49. The molecule has 0 N–H and O–H groups in total. The van der Waals surface area contributed by atoms with Crippen molar-refractivity contribution < 1.29 is 0 Å². The van der Waals surface area contributed by atoms with E-state index >= 15 is 0 Å². The summed E-state index contributed by atoms with van der Waals surface area (Å²) in [5, 5.41) is 1.02. The predicted molar refractivity (Wildman–Crippen MR) is 61.2 cm³/mol. The molecule has 0 fully saturated rings. The van der Waals surface area contributed by atoms with E-state index in [2.05, 4.69) is 65.1 Å². The van der Waals surface area contributed by atoms with Crippen LogP contribution in [0.3, 0.4) is 0 Å². The third-order valence-electron chi connectivity index (χ3n) is 2.25. The van der Waals surface area contributed by atoms with Crippen LogP contribution in [0.15, 0.2) is 30.3 Å². The standard InChI is InChI=1S/C11H16BrN/c1-10(8-12)13(2)9-11-6-4-3-5-7-11/h3-7,10H,8-9H2,1-2H3. The number of rotatable bonds is 4. The number of hydrogen-bond donors (Lipinski definition) is 0. The zero-order chi connectivity index (χ0) is 9.68. The lowest BCUT2D eigenvalue weighted by atomic mass is 10.2. The molecule has 0 spiro atoms. The van der Waals surface area contributed by atoms with Crippen molar-refractivity contribution in [2.24, 2.45) is 0 Å². The molecule has 0 aliphatic rings. The van der Waals surface area contributed by atoms with Crippen molar-refractivity contribution in [1.29, 1.82) is 0 Å². The minimum Gasteiger partial charge on any atom is -0.299 e. The lowest BCUT2D eigenvalue weighted by Gasteiger charge is -2.22. The summed E-state index contributed by atoms with van der Waals surface area (Å²) in [5.74, 6) is 0. The normalized spacial score (nSPS) is 13.2. The first-order valence-corrected chi connectivity index (χ1v) is 5.66. The molecular formula is C11H16BrN. The van der Waals surface area contributed by atoms with Gasteiger partial charge in [0.15, 0.2) is 0 Å². The third kappa shape index (κ3) is 3.49. The van der Waals surface area contributed by atoms with E-state index in [1.54, 1.807) is 0 Å². The van der Waals surface area contributed by atoms with Crippen molar-refractivity contribution in [1.82, 2.24) is 4.90 Å². The smallest absolute Gasteiger partial charge is 0.0233 e. The molecule has 1 nitrogen and oxygen atoms in total. The van der Waals surface area contributed by atoms with E-state index in [1.807, 2.05) is 0 Å². The fourth-order valence-corrected chi connectivity index (χ4v) is 1.64. The molecule has 72 valence electrons. The van der Waals surface area contributed by atoms with Crippen LogP contribution in [-0.4, -0.2) is 23.3 Å². The number of hydrogen-bond acceptors (Lipinski definition) is 1. The van der Waals surface area contributed by atoms with Crippen LogP contribution in [0.4, 0.5) is 0 Å². The van der Waals surface area contributed by atoms with E-state index < -0.39 is 0 Å². The van der Waals surface area contributed by atoms with Gasteiger partial charge in [0.05, 0.1) is 0 Å². The van der Waals surface area contributed by atoms with Gasteiger partial charge < -0.3 is 0 Å². The number of benzene rings is 1. The van der Waals surface area contributed by atoms with E-state index in [0.29, 0.717) is 6.04 Å². The molecule has 0 saturated carbocycles. The lowest BCUT2D eigenvalue weighted by molar-refractivity contribution is 0.271. The summed E-state index contributed by atoms with van der Waals surface area (Å²) in [6.07, 6.45) is 0. The van der Waals surface area contributed by atoms with Crippen molar-refractivity contribution in [2.75, 3.05) is 12.4 Å². The Bertz CT molecular complexity index is 235. The SMILES string of the molecule is CC(CBr)N(C)Cc1ccccc1. The molecule has 0 radical (unpaired) electrons. The first kappa shape index (κ1) is 10.7. The van der Waals surface area contributed by atoms with Crippen molar-refractivity contribution in [3.8, 4) is 0 Å². The lowest BCUT2D eigenvalue weighted by Crippen LogP contribution is -2.29. The first-order valence-electron chi connectivity index (χ1n) is 4.54. The maximum absolute atomic E-state index is 3.49. The summed E-state index contributed by atoms with van der Waals surface area (Å²) < 4.78 is 0. The molecule has 2 heteroatoms. The Morgan fingerprint density at radius 2 is 1.92 bits per heavy atom. The molecule has 0 aliphatic heterocycles. The molecule has 0 heterocycles. The van der Waals surface area contributed by atoms with Crippen molar-refractivity contribution in [3.63, 3.8) is 0 Å². The second kappa shape index (κ2) is 5.40. The Balaban J connectivity index is 2.50. The van der Waals surface area contributed by atoms with E-state index in [9.17, 15) is 0 Å². The molecule has 0 aliphatic carbocycles. The van der Waals surface area contributed by atoms with Crippen molar-refractivity contribution in [2.45, 2.75) is 19.5 Å². The van der Waals surface area contributed by atoms with Gasteiger partial charge in [0.1, 0.15) is 0 Å². The highest BCUT2D eigenvalue weighted by Gasteiger charge is 2.06. The fourth-order valence-electron chi connectivity index (χ4n) is 1.15. The molecule has 1 atom stereocenters. The molecule has 0 amide bonds. The summed E-state index contributed by atoms with van der Waals surface area (Å²) in [4.78, 5) is 2.34. The van der Waals surface area contributed by atoms with Gasteiger partial charge in [-0.25, -0.2) is 0 Å². The molecule has 0 aromatic heterocycles. The van der Waals surface area contributed by atoms with Crippen LogP contribution in [-0.2, 0) is 6.54 Å². The number of halogens is 1. The Labute approximate surface area is 88.9 Å². The number of nitrogens with zero attached hydrogens (tertiary/aromatic N) is 1. The summed E-state index contributed by atoms with van der Waals surface area (Å²) in [5.41, 5.74) is 1.37. The minimum atomic E-state index is 0.584. The highest BCUT2D eigenvalue weighted by atomic mass is 79.9. The zero-order valence-electron chi connectivity index (χ0n) is 8.20. The molecular weight excluding hydrogens is 226 g/mol. The average molecular weight is 242 g/mol. The van der Waals surface area contributed by atoms with Gasteiger partial charge in [-0.15, -0.1) is 0 Å². The van der Waals surface area contributed by atoms with Gasteiger partial charge in [0, 0.05) is 17.9 Å². The second-order valence-corrected chi connectivity index (χ2v) is 4.05.